The van der Waals surface area contributed by atoms with E-state index in [1.807, 2.05) is 13.8 Å². The largest absolute Gasteiger partial charge is 0.463 e. The van der Waals surface area contributed by atoms with Gasteiger partial charge in [-0.25, -0.2) is 9.50 Å². The summed E-state index contributed by atoms with van der Waals surface area (Å²) in [7, 11) is 0. The van der Waals surface area contributed by atoms with Gasteiger partial charge >= 0.3 is 11.9 Å². The summed E-state index contributed by atoms with van der Waals surface area (Å²) in [6.45, 7) is 7.01. The average molecular weight is 627 g/mol. The molecule has 0 bridgehead atoms. The smallest absolute Gasteiger partial charge is 0.323 e. The molecule has 0 aromatic carbocycles. The summed E-state index contributed by atoms with van der Waals surface area (Å²) in [6, 6.07) is 4.20. The Morgan fingerprint density at radius 2 is 1.89 bits per heavy atom. The number of aliphatic hydroxyl groups excluding tert-OH is 1. The highest BCUT2D eigenvalue weighted by Crippen LogP contribution is 2.42. The van der Waals surface area contributed by atoms with Gasteiger partial charge in [0.15, 0.2) is 11.9 Å². The van der Waals surface area contributed by atoms with Crippen LogP contribution in [0.5, 0.6) is 0 Å². The van der Waals surface area contributed by atoms with Crippen LogP contribution in [0.3, 0.4) is 0 Å². The number of carbonyl (C=O) groups excluding carboxylic acids is 3. The van der Waals surface area contributed by atoms with Gasteiger partial charge in [0.05, 0.1) is 5.69 Å². The maximum atomic E-state index is 12.9. The molecule has 2 aromatic heterocycles. The van der Waals surface area contributed by atoms with Crippen molar-refractivity contribution in [3.05, 3.63) is 24.2 Å². The predicted octanol–water partition coefficient (Wildman–Crippen LogP) is 3.38. The van der Waals surface area contributed by atoms with Gasteiger partial charge in [-0.05, 0) is 49.7 Å². The van der Waals surface area contributed by atoms with Crippen LogP contribution in [0.25, 0.3) is 5.52 Å². The number of amides is 1. The zero-order valence-electron chi connectivity index (χ0n) is 26.6. The maximum absolute atomic E-state index is 12.9. The van der Waals surface area contributed by atoms with Crippen LogP contribution in [-0.4, -0.2) is 68.5 Å². The molecule has 2 fully saturated rings. The van der Waals surface area contributed by atoms with E-state index in [-0.39, 0.29) is 48.2 Å². The molecule has 0 spiro atoms. The molecule has 1 saturated carbocycles. The van der Waals surface area contributed by atoms with Gasteiger partial charge in [0.2, 0.25) is 11.5 Å². The number of ether oxygens (including phenoxy) is 3. The standard InChI is InChI=1S/C32H46N6O7/c1-5-21(6-2)30(41)37-29-22-13-14-24(38(22)36-18-35-29)32(17-33)28(40)27(44-31(42)26(34)19(3)4)23(45-32)16-43-25(39)15-20-11-9-7-8-10-12-20/h13-14,18-21,23,26-28,40H,5-12,15-16,34H2,1-4H3,(H,35,36,37,41)/t23-,26+,27-,28-,32+/m1/s1. The topological polar surface area (TPSA) is 191 Å². The van der Waals surface area contributed by atoms with E-state index < -0.39 is 41.9 Å². The van der Waals surface area contributed by atoms with E-state index in [2.05, 4.69) is 21.5 Å². The van der Waals surface area contributed by atoms with Gasteiger partial charge in [0.25, 0.3) is 0 Å². The second kappa shape index (κ2) is 15.1. The number of hydrogen-bond donors (Lipinski definition) is 3. The van der Waals surface area contributed by atoms with E-state index in [4.69, 9.17) is 19.9 Å². The highest BCUT2D eigenvalue weighted by molar-refractivity contribution is 5.95. The van der Waals surface area contributed by atoms with Crippen molar-refractivity contribution in [3.8, 4) is 6.07 Å². The van der Waals surface area contributed by atoms with E-state index >= 15 is 0 Å². The fraction of sp³-hybridized carbons (Fsp3) is 0.688. The van der Waals surface area contributed by atoms with Crippen LogP contribution in [0.4, 0.5) is 5.82 Å². The van der Waals surface area contributed by atoms with Crippen molar-refractivity contribution in [2.45, 2.75) is 115 Å². The van der Waals surface area contributed by atoms with Crippen molar-refractivity contribution < 1.29 is 33.7 Å². The summed E-state index contributed by atoms with van der Waals surface area (Å²) in [4.78, 5) is 42.8. The van der Waals surface area contributed by atoms with Gasteiger partial charge in [-0.3, -0.25) is 14.4 Å². The number of rotatable bonds is 12. The van der Waals surface area contributed by atoms with Crippen LogP contribution >= 0.6 is 0 Å². The molecule has 4 rings (SSSR count). The number of nitrogens with zero attached hydrogens (tertiary/aromatic N) is 4. The first-order valence-electron chi connectivity index (χ1n) is 16.1. The minimum absolute atomic E-state index is 0.120. The lowest BCUT2D eigenvalue weighted by Crippen LogP contribution is -2.46. The third kappa shape index (κ3) is 7.45. The van der Waals surface area contributed by atoms with Crippen molar-refractivity contribution in [2.75, 3.05) is 11.9 Å². The minimum Gasteiger partial charge on any atom is -0.463 e. The van der Waals surface area contributed by atoms with Crippen LogP contribution in [-0.2, 0) is 34.2 Å². The number of hydrogen-bond acceptors (Lipinski definition) is 11. The summed E-state index contributed by atoms with van der Waals surface area (Å²) in [5.74, 6) is -1.41. The van der Waals surface area contributed by atoms with E-state index in [0.717, 1.165) is 38.5 Å². The third-order valence-corrected chi connectivity index (χ3v) is 9.11. The zero-order chi connectivity index (χ0) is 32.7. The van der Waals surface area contributed by atoms with Crippen molar-refractivity contribution >= 4 is 29.2 Å². The number of nitrogens with one attached hydrogen (secondary N) is 1. The quantitative estimate of drug-likeness (QED) is 0.231. The number of esters is 2. The molecule has 13 nitrogen and oxygen atoms in total. The Balaban J connectivity index is 1.62. The lowest BCUT2D eigenvalue weighted by Gasteiger charge is -2.25. The van der Waals surface area contributed by atoms with Crippen LogP contribution in [0, 0.1) is 29.1 Å². The van der Waals surface area contributed by atoms with Crippen LogP contribution in [0.1, 0.15) is 91.2 Å². The monoisotopic (exact) mass is 626 g/mol. The Hall–Kier alpha value is -3.60. The van der Waals surface area contributed by atoms with Crippen molar-refractivity contribution in [3.63, 3.8) is 0 Å². The molecule has 246 valence electrons. The lowest BCUT2D eigenvalue weighted by molar-refractivity contribution is -0.162. The molecular weight excluding hydrogens is 580 g/mol. The Bertz CT molecular complexity index is 1380. The maximum Gasteiger partial charge on any atom is 0.323 e. The van der Waals surface area contributed by atoms with Crippen LogP contribution in [0.2, 0.25) is 0 Å². The summed E-state index contributed by atoms with van der Waals surface area (Å²) in [6.07, 6.45) is 4.91. The van der Waals surface area contributed by atoms with Crippen molar-refractivity contribution in [2.24, 2.45) is 23.5 Å². The first-order chi connectivity index (χ1) is 21.6. The normalized spacial score (nSPS) is 24.7. The molecular formula is C32H46N6O7. The summed E-state index contributed by atoms with van der Waals surface area (Å²) in [5.41, 5.74) is 4.44. The molecule has 0 radical (unpaired) electrons. The van der Waals surface area contributed by atoms with Gasteiger partial charge < -0.3 is 30.4 Å². The summed E-state index contributed by atoms with van der Waals surface area (Å²) >= 11 is 0. The van der Waals surface area contributed by atoms with E-state index in [1.54, 1.807) is 19.9 Å². The number of nitriles is 1. The minimum atomic E-state index is -2.08. The highest BCUT2D eigenvalue weighted by Gasteiger charge is 2.60. The predicted molar refractivity (Wildman–Crippen MR) is 163 cm³/mol. The number of carbonyl (C=O) groups is 3. The highest BCUT2D eigenvalue weighted by atomic mass is 16.6. The number of nitrogens with two attached hydrogens (primary N) is 1. The third-order valence-electron chi connectivity index (χ3n) is 9.11. The second-order valence-electron chi connectivity index (χ2n) is 12.5. The molecule has 1 amide bonds. The molecule has 13 heteroatoms. The van der Waals surface area contributed by atoms with Gasteiger partial charge in [-0.1, -0.05) is 53.4 Å². The molecule has 3 heterocycles. The van der Waals surface area contributed by atoms with Crippen molar-refractivity contribution in [1.29, 1.82) is 5.26 Å². The molecule has 4 N–H and O–H groups in total. The Morgan fingerprint density at radius 1 is 1.20 bits per heavy atom. The fourth-order valence-electron chi connectivity index (χ4n) is 6.15. The molecule has 1 aliphatic carbocycles. The summed E-state index contributed by atoms with van der Waals surface area (Å²) < 4.78 is 18.8. The SMILES string of the molecule is CCC(CC)C(=O)Nc1ncnn2c([C@]3(C#N)O[C@H](COC(=O)CC4CCCCCC4)[C@@H](OC(=O)[C@@H](N)C(C)C)[C@H]3O)ccc12. The second-order valence-corrected chi connectivity index (χ2v) is 12.5. The van der Waals surface area contributed by atoms with Crippen LogP contribution < -0.4 is 11.1 Å². The first kappa shape index (κ1) is 34.3. The van der Waals surface area contributed by atoms with Gasteiger partial charge in [0, 0.05) is 12.3 Å². The lowest BCUT2D eigenvalue weighted by atomic mass is 9.92. The molecule has 2 aliphatic rings. The molecule has 45 heavy (non-hydrogen) atoms. The number of aliphatic hydroxyl groups is 1. The number of aromatic nitrogens is 3. The molecule has 5 atom stereocenters. The Labute approximate surface area is 263 Å². The van der Waals surface area contributed by atoms with Crippen molar-refractivity contribution in [1.82, 2.24) is 14.6 Å². The van der Waals surface area contributed by atoms with Crippen LogP contribution in [0.15, 0.2) is 18.5 Å². The fourth-order valence-corrected chi connectivity index (χ4v) is 6.15. The first-order valence-corrected chi connectivity index (χ1v) is 16.1. The molecule has 2 aromatic rings. The summed E-state index contributed by atoms with van der Waals surface area (Å²) in [5, 5.41) is 29.3. The number of anilines is 1. The van der Waals surface area contributed by atoms with Gasteiger partial charge in [-0.15, -0.1) is 0 Å². The zero-order valence-corrected chi connectivity index (χ0v) is 26.6. The molecule has 1 aliphatic heterocycles. The Morgan fingerprint density at radius 3 is 2.51 bits per heavy atom. The van der Waals surface area contributed by atoms with Gasteiger partial charge in [-0.2, -0.15) is 10.4 Å². The van der Waals surface area contributed by atoms with E-state index in [9.17, 15) is 24.8 Å². The number of fused-ring (bicyclic) bond motifs is 1. The van der Waals surface area contributed by atoms with E-state index in [0.29, 0.717) is 18.4 Å². The van der Waals surface area contributed by atoms with Gasteiger partial charge in [0.1, 0.15) is 42.8 Å². The van der Waals surface area contributed by atoms with E-state index in [1.165, 1.54) is 16.9 Å². The average Bonchev–Trinajstić information content (AvgIpc) is 3.45. The molecule has 1 saturated heterocycles. The Kier molecular flexibility index (Phi) is 11.5. The molecule has 0 unspecified atom stereocenters.